The summed E-state index contributed by atoms with van der Waals surface area (Å²) in [5.41, 5.74) is 4.06. The summed E-state index contributed by atoms with van der Waals surface area (Å²) < 4.78 is 0. The maximum atomic E-state index is 12.6. The molecule has 23 heavy (non-hydrogen) atoms. The van der Waals surface area contributed by atoms with E-state index in [-0.39, 0.29) is 5.78 Å². The number of H-pyrrole nitrogens is 1. The maximum absolute atomic E-state index is 12.6. The maximum Gasteiger partial charge on any atom is 0.186 e. The summed E-state index contributed by atoms with van der Waals surface area (Å²) in [7, 11) is 0. The molecule has 2 nitrogen and oxygen atoms in total. The van der Waals surface area contributed by atoms with E-state index in [1.165, 1.54) is 0 Å². The molecule has 116 valence electrons. The molecule has 0 saturated heterocycles. The third-order valence-corrected chi connectivity index (χ3v) is 4.68. The number of carbonyl (C=O) groups is 1. The minimum atomic E-state index is 0.0474. The smallest absolute Gasteiger partial charge is 0.186 e. The first kappa shape index (κ1) is 15.6. The van der Waals surface area contributed by atoms with Gasteiger partial charge in [0.05, 0.1) is 0 Å². The van der Waals surface area contributed by atoms with Crippen molar-refractivity contribution in [2.45, 2.75) is 13.8 Å². The van der Waals surface area contributed by atoms with Crippen LogP contribution in [0.4, 0.5) is 0 Å². The fourth-order valence-corrected chi connectivity index (χ4v) is 3.65. The van der Waals surface area contributed by atoms with Gasteiger partial charge in [-0.15, -0.1) is 11.8 Å². The number of fused-ring (bicyclic) bond motifs is 1. The molecule has 0 bridgehead atoms. The molecule has 0 radical (unpaired) electrons. The molecular weight excluding hydrogens is 302 g/mol. The number of para-hydroxylation sites is 1. The Morgan fingerprint density at radius 2 is 1.78 bits per heavy atom. The fourth-order valence-electron chi connectivity index (χ4n) is 2.74. The van der Waals surface area contributed by atoms with Gasteiger partial charge < -0.3 is 4.98 Å². The van der Waals surface area contributed by atoms with Crippen molar-refractivity contribution < 1.29 is 4.79 Å². The molecule has 1 aromatic heterocycles. The molecule has 0 aliphatic carbocycles. The fraction of sp³-hybridized carbons (Fsp3) is 0.150. The van der Waals surface area contributed by atoms with Crippen molar-refractivity contribution in [2.24, 2.45) is 0 Å². The van der Waals surface area contributed by atoms with Crippen molar-refractivity contribution in [2.75, 3.05) is 5.75 Å². The van der Waals surface area contributed by atoms with Crippen LogP contribution in [-0.4, -0.2) is 16.5 Å². The Hall–Kier alpha value is -2.26. The number of aryl methyl sites for hydroxylation is 1. The molecule has 1 heterocycles. The average Bonchev–Trinajstić information content (AvgIpc) is 2.91. The Morgan fingerprint density at radius 3 is 2.52 bits per heavy atom. The van der Waals surface area contributed by atoms with Crippen LogP contribution in [0.2, 0.25) is 0 Å². The lowest BCUT2D eigenvalue weighted by molar-refractivity contribution is 0.104. The summed E-state index contributed by atoms with van der Waals surface area (Å²) in [5.74, 6) is 0.971. The van der Waals surface area contributed by atoms with Gasteiger partial charge in [0.1, 0.15) is 0 Å². The van der Waals surface area contributed by atoms with Crippen molar-refractivity contribution in [3.05, 3.63) is 77.5 Å². The van der Waals surface area contributed by atoms with Gasteiger partial charge in [0.15, 0.2) is 5.78 Å². The first-order valence-corrected chi connectivity index (χ1v) is 8.71. The number of nitrogens with one attached hydrogen (secondary N) is 1. The normalized spacial score (nSPS) is 11.8. The zero-order valence-corrected chi connectivity index (χ0v) is 14.1. The second-order valence-electron chi connectivity index (χ2n) is 5.34. The molecule has 0 atom stereocenters. The van der Waals surface area contributed by atoms with E-state index in [1.807, 2.05) is 42.5 Å². The van der Waals surface area contributed by atoms with Gasteiger partial charge in [0.2, 0.25) is 0 Å². The molecule has 3 heteroatoms. The first-order valence-electron chi connectivity index (χ1n) is 7.72. The largest absolute Gasteiger partial charge is 0.358 e. The van der Waals surface area contributed by atoms with Crippen LogP contribution in [0.1, 0.15) is 28.5 Å². The number of hydrogen-bond donors (Lipinski definition) is 1. The number of hydrogen-bond acceptors (Lipinski definition) is 2. The van der Waals surface area contributed by atoms with Gasteiger partial charge in [-0.25, -0.2) is 0 Å². The molecule has 0 unspecified atom stereocenters. The SMILES string of the molecule is CCSC(=CC(=O)c1ccccc1)c1c(C)[nH]c2ccccc12. The number of thioether (sulfide) groups is 1. The molecule has 0 amide bonds. The quantitative estimate of drug-likeness (QED) is 0.500. The van der Waals surface area contributed by atoms with E-state index in [2.05, 4.69) is 31.0 Å². The zero-order chi connectivity index (χ0) is 16.2. The molecule has 0 spiro atoms. The Balaban J connectivity index is 2.09. The van der Waals surface area contributed by atoms with Crippen molar-refractivity contribution in [1.29, 1.82) is 0 Å². The van der Waals surface area contributed by atoms with Crippen molar-refractivity contribution in [3.8, 4) is 0 Å². The third kappa shape index (κ3) is 3.25. The molecule has 3 aromatic rings. The predicted octanol–water partition coefficient (Wildman–Crippen LogP) is 5.45. The van der Waals surface area contributed by atoms with Gasteiger partial charge in [0.25, 0.3) is 0 Å². The van der Waals surface area contributed by atoms with Gasteiger partial charge >= 0.3 is 0 Å². The zero-order valence-electron chi connectivity index (χ0n) is 13.3. The minimum Gasteiger partial charge on any atom is -0.358 e. The van der Waals surface area contributed by atoms with Crippen LogP contribution < -0.4 is 0 Å². The van der Waals surface area contributed by atoms with Gasteiger partial charge in [-0.05, 0) is 18.7 Å². The van der Waals surface area contributed by atoms with Gasteiger partial charge in [-0.2, -0.15) is 0 Å². The summed E-state index contributed by atoms with van der Waals surface area (Å²) in [5, 5.41) is 1.16. The Labute approximate surface area is 140 Å². The first-order chi connectivity index (χ1) is 11.2. The highest BCUT2D eigenvalue weighted by atomic mass is 32.2. The highest BCUT2D eigenvalue weighted by molar-refractivity contribution is 8.08. The van der Waals surface area contributed by atoms with Crippen LogP contribution in [0.5, 0.6) is 0 Å². The number of benzene rings is 2. The summed E-state index contributed by atoms with van der Waals surface area (Å²) >= 11 is 1.71. The monoisotopic (exact) mass is 321 g/mol. The number of aromatic nitrogens is 1. The summed E-state index contributed by atoms with van der Waals surface area (Å²) in [6.45, 7) is 4.17. The third-order valence-electron chi connectivity index (χ3n) is 3.76. The lowest BCUT2D eigenvalue weighted by atomic mass is 10.1. The van der Waals surface area contributed by atoms with E-state index < -0.39 is 0 Å². The Kier molecular flexibility index (Phi) is 4.68. The predicted molar refractivity (Wildman–Crippen MR) is 99.9 cm³/mol. The minimum absolute atomic E-state index is 0.0474. The van der Waals surface area contributed by atoms with Crippen LogP contribution >= 0.6 is 11.8 Å². The summed E-state index contributed by atoms with van der Waals surface area (Å²) in [4.78, 5) is 17.0. The van der Waals surface area contributed by atoms with Crippen molar-refractivity contribution in [3.63, 3.8) is 0 Å². The number of rotatable bonds is 5. The number of carbonyl (C=O) groups excluding carboxylic acids is 1. The molecule has 2 aromatic carbocycles. The molecule has 1 N–H and O–H groups in total. The summed E-state index contributed by atoms with van der Waals surface area (Å²) in [6.07, 6.45) is 1.77. The summed E-state index contributed by atoms with van der Waals surface area (Å²) in [6, 6.07) is 17.6. The van der Waals surface area contributed by atoms with E-state index in [1.54, 1.807) is 17.8 Å². The van der Waals surface area contributed by atoms with Gasteiger partial charge in [-0.3, -0.25) is 4.79 Å². The van der Waals surface area contributed by atoms with Gasteiger partial charge in [0, 0.05) is 38.7 Å². The van der Waals surface area contributed by atoms with E-state index in [0.717, 1.165) is 38.4 Å². The average molecular weight is 321 g/mol. The van der Waals surface area contributed by atoms with E-state index in [9.17, 15) is 4.79 Å². The molecule has 3 rings (SSSR count). The van der Waals surface area contributed by atoms with Crippen molar-refractivity contribution >= 4 is 33.4 Å². The molecular formula is C20H19NOS. The van der Waals surface area contributed by atoms with Crippen LogP contribution in [0.3, 0.4) is 0 Å². The lowest BCUT2D eigenvalue weighted by Crippen LogP contribution is -1.96. The molecule has 0 aliphatic rings. The van der Waals surface area contributed by atoms with Crippen LogP contribution in [0.15, 0.2) is 60.7 Å². The molecule has 0 saturated carbocycles. The second-order valence-corrected chi connectivity index (χ2v) is 6.65. The number of allylic oxidation sites excluding steroid dienone is 1. The highest BCUT2D eigenvalue weighted by Crippen LogP contribution is 2.35. The van der Waals surface area contributed by atoms with Crippen LogP contribution in [0.25, 0.3) is 15.8 Å². The van der Waals surface area contributed by atoms with Crippen LogP contribution in [0, 0.1) is 6.92 Å². The van der Waals surface area contributed by atoms with E-state index in [4.69, 9.17) is 0 Å². The second kappa shape index (κ2) is 6.88. The standard InChI is InChI=1S/C20H19NOS/c1-3-23-19(13-18(22)15-9-5-4-6-10-15)20-14(2)21-17-12-8-7-11-16(17)20/h4-13,21H,3H2,1-2H3. The van der Waals surface area contributed by atoms with Crippen molar-refractivity contribution in [1.82, 2.24) is 4.98 Å². The van der Waals surface area contributed by atoms with Crippen LogP contribution in [-0.2, 0) is 0 Å². The van der Waals surface area contributed by atoms with E-state index >= 15 is 0 Å². The number of aromatic amines is 1. The molecule has 0 fully saturated rings. The number of ketones is 1. The Bertz CT molecular complexity index is 862. The van der Waals surface area contributed by atoms with E-state index in [0.29, 0.717) is 0 Å². The Morgan fingerprint density at radius 1 is 1.09 bits per heavy atom. The highest BCUT2D eigenvalue weighted by Gasteiger charge is 2.14. The topological polar surface area (TPSA) is 32.9 Å². The lowest BCUT2D eigenvalue weighted by Gasteiger charge is -2.07. The molecule has 0 aliphatic heterocycles. The van der Waals surface area contributed by atoms with Gasteiger partial charge in [-0.1, -0.05) is 55.5 Å².